The Morgan fingerprint density at radius 1 is 1.07 bits per heavy atom. The average Bonchev–Trinajstić information content (AvgIpc) is 2.61. The van der Waals surface area contributed by atoms with E-state index in [1.54, 1.807) is 0 Å². The van der Waals surface area contributed by atoms with Crippen molar-refractivity contribution in [2.45, 2.75) is 117 Å². The summed E-state index contributed by atoms with van der Waals surface area (Å²) < 4.78 is 11.9. The summed E-state index contributed by atoms with van der Waals surface area (Å²) in [7, 11) is -1.66. The molecule has 174 valence electrons. The molecule has 1 aliphatic carbocycles. The summed E-state index contributed by atoms with van der Waals surface area (Å²) in [6.07, 6.45) is 19.4. The van der Waals surface area contributed by atoms with E-state index in [1.807, 2.05) is 6.08 Å². The van der Waals surface area contributed by atoms with Crippen LogP contribution in [0.2, 0.25) is 18.1 Å². The highest BCUT2D eigenvalue weighted by Crippen LogP contribution is 2.40. The van der Waals surface area contributed by atoms with Gasteiger partial charge >= 0.3 is 5.97 Å². The molecular formula is C26H48O3Si. The van der Waals surface area contributed by atoms with E-state index in [1.165, 1.54) is 51.9 Å². The van der Waals surface area contributed by atoms with E-state index >= 15 is 0 Å². The third kappa shape index (κ3) is 10.4. The van der Waals surface area contributed by atoms with Crippen molar-refractivity contribution in [1.29, 1.82) is 0 Å². The molecule has 3 atom stereocenters. The van der Waals surface area contributed by atoms with Crippen LogP contribution in [-0.2, 0) is 14.0 Å². The standard InChI is InChI=1S/C26H48O3Si/c1-8-9-10-11-12-13-17-25(29-22(2)27)18-15-14-16-23-19-20-24(23)21-28-30(6,7)26(3,4)5/h14-16,18,23-25H,8-13,17,19-21H2,1-7H3/t23-,24-,25?/m0/s1. The van der Waals surface area contributed by atoms with Crippen molar-refractivity contribution >= 4 is 14.3 Å². The molecule has 0 amide bonds. The second kappa shape index (κ2) is 13.5. The number of esters is 1. The first-order valence-corrected chi connectivity index (χ1v) is 15.1. The maximum absolute atomic E-state index is 11.4. The van der Waals surface area contributed by atoms with Crippen molar-refractivity contribution in [3.63, 3.8) is 0 Å². The molecule has 0 aromatic heterocycles. The van der Waals surface area contributed by atoms with Crippen LogP contribution in [0.25, 0.3) is 0 Å². The third-order valence-corrected chi connectivity index (χ3v) is 11.4. The number of hydrogen-bond acceptors (Lipinski definition) is 3. The Bertz CT molecular complexity index is 545. The van der Waals surface area contributed by atoms with Gasteiger partial charge in [-0.3, -0.25) is 4.79 Å². The van der Waals surface area contributed by atoms with Gasteiger partial charge in [0.05, 0.1) is 0 Å². The van der Waals surface area contributed by atoms with Gasteiger partial charge in [-0.1, -0.05) is 78.0 Å². The van der Waals surface area contributed by atoms with Crippen LogP contribution in [0.3, 0.4) is 0 Å². The van der Waals surface area contributed by atoms with Gasteiger partial charge in [-0.15, -0.1) is 0 Å². The second-order valence-electron chi connectivity index (χ2n) is 10.5. The Balaban J connectivity index is 2.41. The van der Waals surface area contributed by atoms with Crippen molar-refractivity contribution in [2.24, 2.45) is 11.8 Å². The van der Waals surface area contributed by atoms with Crippen LogP contribution in [0.5, 0.6) is 0 Å². The van der Waals surface area contributed by atoms with E-state index in [-0.39, 0.29) is 17.1 Å². The second-order valence-corrected chi connectivity index (χ2v) is 15.4. The number of allylic oxidation sites excluding steroid dienone is 3. The number of unbranched alkanes of at least 4 members (excludes halogenated alkanes) is 5. The molecule has 3 nitrogen and oxygen atoms in total. The highest BCUT2D eigenvalue weighted by molar-refractivity contribution is 6.74. The molecule has 0 aliphatic heterocycles. The Labute approximate surface area is 187 Å². The quantitative estimate of drug-likeness (QED) is 0.120. The molecule has 0 aromatic rings. The molecule has 0 N–H and O–H groups in total. The summed E-state index contributed by atoms with van der Waals surface area (Å²) in [5, 5.41) is 0.270. The lowest BCUT2D eigenvalue weighted by atomic mass is 9.74. The number of carbonyl (C=O) groups excluding carboxylic acids is 1. The molecule has 0 aromatic carbocycles. The Morgan fingerprint density at radius 2 is 1.73 bits per heavy atom. The average molecular weight is 437 g/mol. The van der Waals surface area contributed by atoms with Crippen LogP contribution in [0.1, 0.15) is 92.4 Å². The minimum atomic E-state index is -1.66. The lowest BCUT2D eigenvalue weighted by Crippen LogP contribution is -2.43. The van der Waals surface area contributed by atoms with Gasteiger partial charge in [-0.05, 0) is 61.7 Å². The molecule has 1 aliphatic rings. The number of hydrogen-bond donors (Lipinski definition) is 0. The fraction of sp³-hybridized carbons (Fsp3) is 0.808. The van der Waals surface area contributed by atoms with Crippen molar-refractivity contribution < 1.29 is 14.0 Å². The molecule has 0 saturated heterocycles. The smallest absolute Gasteiger partial charge is 0.303 e. The highest BCUT2D eigenvalue weighted by Gasteiger charge is 2.39. The van der Waals surface area contributed by atoms with Crippen LogP contribution in [0.15, 0.2) is 24.3 Å². The van der Waals surface area contributed by atoms with E-state index in [4.69, 9.17) is 9.16 Å². The van der Waals surface area contributed by atoms with Crippen LogP contribution in [0.4, 0.5) is 0 Å². The minimum Gasteiger partial charge on any atom is -0.458 e. The Morgan fingerprint density at radius 3 is 2.30 bits per heavy atom. The van der Waals surface area contributed by atoms with Crippen molar-refractivity contribution in [1.82, 2.24) is 0 Å². The van der Waals surface area contributed by atoms with Gasteiger partial charge in [0.2, 0.25) is 0 Å². The molecule has 1 rings (SSSR count). The fourth-order valence-electron chi connectivity index (χ4n) is 3.52. The largest absolute Gasteiger partial charge is 0.458 e. The zero-order valence-corrected chi connectivity index (χ0v) is 21.8. The molecule has 0 radical (unpaired) electrons. The number of carbonyl (C=O) groups is 1. The van der Waals surface area contributed by atoms with Crippen LogP contribution >= 0.6 is 0 Å². The minimum absolute atomic E-state index is 0.0996. The first kappa shape index (κ1) is 27.2. The molecule has 0 bridgehead atoms. The van der Waals surface area contributed by atoms with E-state index in [2.05, 4.69) is 59.0 Å². The SMILES string of the molecule is CCCCCCCCC(C=CC=C[C@H]1CC[C@H]1CO[Si](C)(C)C(C)(C)C)OC(C)=O. The fourth-order valence-corrected chi connectivity index (χ4v) is 4.58. The van der Waals surface area contributed by atoms with Gasteiger partial charge in [-0.2, -0.15) is 0 Å². The van der Waals surface area contributed by atoms with Crippen molar-refractivity contribution in [2.75, 3.05) is 6.61 Å². The Kier molecular flexibility index (Phi) is 12.2. The first-order valence-electron chi connectivity index (χ1n) is 12.2. The predicted molar refractivity (Wildman–Crippen MR) is 131 cm³/mol. The van der Waals surface area contributed by atoms with E-state index in [9.17, 15) is 4.79 Å². The van der Waals surface area contributed by atoms with E-state index in [0.29, 0.717) is 11.8 Å². The molecule has 0 heterocycles. The van der Waals surface area contributed by atoms with Gasteiger partial charge in [-0.25, -0.2) is 0 Å². The van der Waals surface area contributed by atoms with Crippen LogP contribution in [-0.4, -0.2) is 27.0 Å². The van der Waals surface area contributed by atoms with E-state index < -0.39 is 8.32 Å². The van der Waals surface area contributed by atoms with E-state index in [0.717, 1.165) is 19.4 Å². The maximum atomic E-state index is 11.4. The zero-order chi connectivity index (χ0) is 22.6. The zero-order valence-electron chi connectivity index (χ0n) is 20.8. The van der Waals surface area contributed by atoms with Gasteiger partial charge in [0.15, 0.2) is 8.32 Å². The summed E-state index contributed by atoms with van der Waals surface area (Å²) in [6.45, 7) is 16.2. The molecule has 1 fully saturated rings. The van der Waals surface area contributed by atoms with Gasteiger partial charge < -0.3 is 9.16 Å². The van der Waals surface area contributed by atoms with Gasteiger partial charge in [0, 0.05) is 13.5 Å². The lowest BCUT2D eigenvalue weighted by Gasteiger charge is -2.41. The van der Waals surface area contributed by atoms with Crippen LogP contribution in [0, 0.1) is 11.8 Å². The molecule has 1 saturated carbocycles. The summed E-state index contributed by atoms with van der Waals surface area (Å²) in [5.74, 6) is 1.07. The first-order chi connectivity index (χ1) is 14.1. The summed E-state index contributed by atoms with van der Waals surface area (Å²) in [5.41, 5.74) is 0. The van der Waals surface area contributed by atoms with Crippen molar-refractivity contribution in [3.05, 3.63) is 24.3 Å². The summed E-state index contributed by atoms with van der Waals surface area (Å²) in [6, 6.07) is 0. The predicted octanol–water partition coefficient (Wildman–Crippen LogP) is 7.83. The number of ether oxygens (including phenoxy) is 1. The normalized spacial score (nSPS) is 21.2. The highest BCUT2D eigenvalue weighted by atomic mass is 28.4. The molecule has 4 heteroatoms. The van der Waals surface area contributed by atoms with Gasteiger partial charge in [0.25, 0.3) is 0 Å². The lowest BCUT2D eigenvalue weighted by molar-refractivity contribution is -0.144. The molecule has 30 heavy (non-hydrogen) atoms. The topological polar surface area (TPSA) is 35.5 Å². The molecule has 0 spiro atoms. The Hall–Kier alpha value is -0.873. The molecular weight excluding hydrogens is 388 g/mol. The summed E-state index contributed by atoms with van der Waals surface area (Å²) in [4.78, 5) is 11.4. The molecule has 1 unspecified atom stereocenters. The van der Waals surface area contributed by atoms with Crippen molar-refractivity contribution in [3.8, 4) is 0 Å². The number of rotatable bonds is 14. The maximum Gasteiger partial charge on any atom is 0.303 e. The summed E-state index contributed by atoms with van der Waals surface area (Å²) >= 11 is 0. The monoisotopic (exact) mass is 436 g/mol. The van der Waals surface area contributed by atoms with Crippen LogP contribution < -0.4 is 0 Å². The van der Waals surface area contributed by atoms with Gasteiger partial charge in [0.1, 0.15) is 6.10 Å². The third-order valence-electron chi connectivity index (χ3n) is 6.90.